The van der Waals surface area contributed by atoms with E-state index in [1.54, 1.807) is 4.90 Å². The van der Waals surface area contributed by atoms with E-state index in [-0.39, 0.29) is 12.6 Å². The molecule has 0 spiro atoms. The van der Waals surface area contributed by atoms with E-state index in [4.69, 9.17) is 0 Å². The van der Waals surface area contributed by atoms with Crippen molar-refractivity contribution in [2.24, 2.45) is 5.41 Å². The number of hydrogen-bond donors (Lipinski definition) is 2. The molecular formula is C16H20N2O3. The van der Waals surface area contributed by atoms with Gasteiger partial charge in [0.2, 0.25) is 0 Å². The van der Waals surface area contributed by atoms with E-state index < -0.39 is 11.4 Å². The molecule has 0 atom stereocenters. The van der Waals surface area contributed by atoms with Gasteiger partial charge in [-0.1, -0.05) is 31.0 Å². The maximum Gasteiger partial charge on any atom is 0.321 e. The van der Waals surface area contributed by atoms with Gasteiger partial charge in [0.1, 0.15) is 0 Å². The van der Waals surface area contributed by atoms with Crippen LogP contribution < -0.4 is 10.2 Å². The smallest absolute Gasteiger partial charge is 0.321 e. The summed E-state index contributed by atoms with van der Waals surface area (Å²) in [5.74, 6) is -0.790. The Labute approximate surface area is 123 Å². The lowest BCUT2D eigenvalue weighted by molar-refractivity contribution is -0.148. The van der Waals surface area contributed by atoms with Gasteiger partial charge in [-0.15, -0.1) is 0 Å². The first kappa shape index (κ1) is 13.9. The quantitative estimate of drug-likeness (QED) is 0.897. The molecule has 0 saturated heterocycles. The molecule has 2 N–H and O–H groups in total. The van der Waals surface area contributed by atoms with Crippen LogP contribution in [0.1, 0.15) is 31.2 Å². The van der Waals surface area contributed by atoms with Crippen LogP contribution in [0.3, 0.4) is 0 Å². The minimum absolute atomic E-state index is 0.188. The molecule has 1 aliphatic carbocycles. The molecule has 1 aliphatic heterocycles. The van der Waals surface area contributed by atoms with Gasteiger partial charge in [-0.05, 0) is 30.9 Å². The van der Waals surface area contributed by atoms with Gasteiger partial charge in [0, 0.05) is 18.8 Å². The number of carboxylic acid groups (broad SMARTS) is 1. The minimum atomic E-state index is -0.790. The first-order valence-electron chi connectivity index (χ1n) is 7.49. The molecule has 5 nitrogen and oxygen atoms in total. The third-order valence-electron chi connectivity index (χ3n) is 4.72. The van der Waals surface area contributed by atoms with Crippen molar-refractivity contribution >= 4 is 17.7 Å². The van der Waals surface area contributed by atoms with Crippen molar-refractivity contribution in [3.05, 3.63) is 29.8 Å². The molecule has 0 unspecified atom stereocenters. The highest BCUT2D eigenvalue weighted by Gasteiger charge is 2.41. The van der Waals surface area contributed by atoms with E-state index in [9.17, 15) is 14.7 Å². The summed E-state index contributed by atoms with van der Waals surface area (Å²) in [5, 5.41) is 12.3. The van der Waals surface area contributed by atoms with Crippen molar-refractivity contribution in [1.29, 1.82) is 0 Å². The summed E-state index contributed by atoms with van der Waals surface area (Å²) < 4.78 is 0. The summed E-state index contributed by atoms with van der Waals surface area (Å²) in [5.41, 5.74) is 1.33. The average Bonchev–Trinajstić information content (AvgIpc) is 3.12. The van der Waals surface area contributed by atoms with Crippen LogP contribution in [0.4, 0.5) is 10.5 Å². The SMILES string of the molecule is O=C(NCC1(C(=O)O)CCCC1)N1CCc2ccccc21. The van der Waals surface area contributed by atoms with Crippen LogP contribution in [0.2, 0.25) is 0 Å². The zero-order valence-electron chi connectivity index (χ0n) is 12.0. The Morgan fingerprint density at radius 3 is 2.67 bits per heavy atom. The fourth-order valence-corrected chi connectivity index (χ4v) is 3.41. The lowest BCUT2D eigenvalue weighted by atomic mass is 9.86. The Balaban J connectivity index is 1.66. The van der Waals surface area contributed by atoms with Crippen LogP contribution in [-0.4, -0.2) is 30.2 Å². The van der Waals surface area contributed by atoms with E-state index in [2.05, 4.69) is 5.32 Å². The first-order valence-corrected chi connectivity index (χ1v) is 7.49. The van der Waals surface area contributed by atoms with E-state index in [0.717, 1.165) is 24.9 Å². The number of benzene rings is 1. The van der Waals surface area contributed by atoms with Crippen LogP contribution in [0.5, 0.6) is 0 Å². The van der Waals surface area contributed by atoms with Crippen LogP contribution in [0.25, 0.3) is 0 Å². The topological polar surface area (TPSA) is 69.6 Å². The Morgan fingerprint density at radius 2 is 1.95 bits per heavy atom. The summed E-state index contributed by atoms with van der Waals surface area (Å²) >= 11 is 0. The van der Waals surface area contributed by atoms with Gasteiger partial charge in [-0.25, -0.2) is 4.79 Å². The minimum Gasteiger partial charge on any atom is -0.481 e. The molecule has 3 rings (SSSR count). The number of aliphatic carboxylic acids is 1. The molecule has 2 amide bonds. The molecule has 5 heteroatoms. The van der Waals surface area contributed by atoms with Gasteiger partial charge in [0.25, 0.3) is 0 Å². The number of urea groups is 1. The van der Waals surface area contributed by atoms with Crippen LogP contribution in [-0.2, 0) is 11.2 Å². The average molecular weight is 288 g/mol. The van der Waals surface area contributed by atoms with E-state index in [0.29, 0.717) is 19.4 Å². The highest BCUT2D eigenvalue weighted by molar-refractivity contribution is 5.94. The first-order chi connectivity index (χ1) is 10.1. The molecule has 0 aromatic heterocycles. The number of para-hydroxylation sites is 1. The molecular weight excluding hydrogens is 268 g/mol. The summed E-state index contributed by atoms with van der Waals surface area (Å²) in [6.45, 7) is 0.880. The second-order valence-corrected chi connectivity index (χ2v) is 5.98. The molecule has 0 radical (unpaired) electrons. The molecule has 2 aliphatic rings. The van der Waals surface area contributed by atoms with Gasteiger partial charge < -0.3 is 10.4 Å². The van der Waals surface area contributed by atoms with Crippen molar-refractivity contribution in [3.63, 3.8) is 0 Å². The van der Waals surface area contributed by atoms with E-state index in [1.165, 1.54) is 5.56 Å². The molecule has 1 saturated carbocycles. The number of carbonyl (C=O) groups is 2. The Morgan fingerprint density at radius 1 is 1.24 bits per heavy atom. The predicted octanol–water partition coefficient (Wildman–Crippen LogP) is 2.40. The lowest BCUT2D eigenvalue weighted by Gasteiger charge is -2.26. The molecule has 1 aromatic rings. The highest BCUT2D eigenvalue weighted by atomic mass is 16.4. The summed E-state index contributed by atoms with van der Waals surface area (Å²) in [4.78, 5) is 25.6. The maximum absolute atomic E-state index is 12.4. The van der Waals surface area contributed by atoms with Gasteiger partial charge >= 0.3 is 12.0 Å². The number of carboxylic acids is 1. The lowest BCUT2D eigenvalue weighted by Crippen LogP contribution is -2.46. The number of rotatable bonds is 3. The van der Waals surface area contributed by atoms with Crippen LogP contribution >= 0.6 is 0 Å². The fraction of sp³-hybridized carbons (Fsp3) is 0.500. The third-order valence-corrected chi connectivity index (χ3v) is 4.72. The molecule has 1 aromatic carbocycles. The Hall–Kier alpha value is -2.04. The van der Waals surface area contributed by atoms with Crippen molar-refractivity contribution in [2.75, 3.05) is 18.0 Å². The van der Waals surface area contributed by atoms with Crippen molar-refractivity contribution in [1.82, 2.24) is 5.32 Å². The number of amides is 2. The van der Waals surface area contributed by atoms with Gasteiger partial charge in [0.05, 0.1) is 5.41 Å². The summed E-state index contributed by atoms with van der Waals surface area (Å²) in [6, 6.07) is 7.66. The van der Waals surface area contributed by atoms with Crippen molar-refractivity contribution in [3.8, 4) is 0 Å². The Bertz CT molecular complexity index is 564. The third kappa shape index (κ3) is 2.48. The molecule has 21 heavy (non-hydrogen) atoms. The second kappa shape index (κ2) is 5.39. The van der Waals surface area contributed by atoms with Crippen LogP contribution in [0.15, 0.2) is 24.3 Å². The predicted molar refractivity (Wildman–Crippen MR) is 79.4 cm³/mol. The highest BCUT2D eigenvalue weighted by Crippen LogP contribution is 2.38. The number of hydrogen-bond acceptors (Lipinski definition) is 2. The monoisotopic (exact) mass is 288 g/mol. The zero-order valence-corrected chi connectivity index (χ0v) is 12.0. The number of carbonyl (C=O) groups excluding carboxylic acids is 1. The number of nitrogens with one attached hydrogen (secondary N) is 1. The standard InChI is InChI=1S/C16H20N2O3/c19-14(20)16(8-3-4-9-16)11-17-15(21)18-10-7-12-5-1-2-6-13(12)18/h1-2,5-6H,3-4,7-11H2,(H,17,21)(H,19,20). The largest absolute Gasteiger partial charge is 0.481 e. The maximum atomic E-state index is 12.4. The number of anilines is 1. The van der Waals surface area contributed by atoms with Gasteiger partial charge in [-0.2, -0.15) is 0 Å². The van der Waals surface area contributed by atoms with Crippen LogP contribution in [0, 0.1) is 5.41 Å². The normalized spacial score (nSPS) is 19.3. The Kier molecular flexibility index (Phi) is 3.57. The molecule has 1 fully saturated rings. The van der Waals surface area contributed by atoms with E-state index in [1.807, 2.05) is 24.3 Å². The molecule has 112 valence electrons. The number of nitrogens with zero attached hydrogens (tertiary/aromatic N) is 1. The molecule has 0 bridgehead atoms. The van der Waals surface area contributed by atoms with Crippen molar-refractivity contribution in [2.45, 2.75) is 32.1 Å². The summed E-state index contributed by atoms with van der Waals surface area (Å²) in [6.07, 6.45) is 4.01. The van der Waals surface area contributed by atoms with Crippen molar-refractivity contribution < 1.29 is 14.7 Å². The molecule has 1 heterocycles. The second-order valence-electron chi connectivity index (χ2n) is 5.98. The van der Waals surface area contributed by atoms with Gasteiger partial charge in [0.15, 0.2) is 0 Å². The number of fused-ring (bicyclic) bond motifs is 1. The fourth-order valence-electron chi connectivity index (χ4n) is 3.41. The van der Waals surface area contributed by atoms with E-state index >= 15 is 0 Å². The zero-order chi connectivity index (χ0) is 14.9. The van der Waals surface area contributed by atoms with Gasteiger partial charge in [-0.3, -0.25) is 9.69 Å². The summed E-state index contributed by atoms with van der Waals surface area (Å²) in [7, 11) is 0.